The Morgan fingerprint density at radius 1 is 1.04 bits per heavy atom. The average Bonchev–Trinajstić information content (AvgIpc) is 3.02. The average molecular weight is 311 g/mol. The van der Waals surface area contributed by atoms with E-state index in [1.54, 1.807) is 12.1 Å². The number of aryl methyl sites for hydroxylation is 1. The van der Waals surface area contributed by atoms with Crippen LogP contribution in [0.15, 0.2) is 52.9 Å². The van der Waals surface area contributed by atoms with E-state index in [-0.39, 0.29) is 5.82 Å². The summed E-state index contributed by atoms with van der Waals surface area (Å²) in [7, 11) is 0. The lowest BCUT2D eigenvalue weighted by molar-refractivity contribution is 0.499. The van der Waals surface area contributed by atoms with E-state index in [0.717, 1.165) is 23.4 Å². The Labute approximate surface area is 134 Å². The van der Waals surface area contributed by atoms with E-state index < -0.39 is 0 Å². The van der Waals surface area contributed by atoms with E-state index in [1.807, 2.05) is 38.1 Å². The first kappa shape index (κ1) is 15.2. The van der Waals surface area contributed by atoms with E-state index >= 15 is 0 Å². The topological polar surface area (TPSA) is 42.2 Å². The highest BCUT2D eigenvalue weighted by atomic mass is 19.1. The summed E-state index contributed by atoms with van der Waals surface area (Å²) < 4.78 is 18.8. The fourth-order valence-electron chi connectivity index (χ4n) is 2.44. The molecule has 0 amide bonds. The van der Waals surface area contributed by atoms with Crippen molar-refractivity contribution in [2.45, 2.75) is 20.4 Å². The molecule has 0 radical (unpaired) electrons. The van der Waals surface area contributed by atoms with Gasteiger partial charge in [0.25, 0.3) is 0 Å². The van der Waals surface area contributed by atoms with Gasteiger partial charge in [0.1, 0.15) is 5.82 Å². The van der Waals surface area contributed by atoms with Gasteiger partial charge in [-0.3, -0.25) is 0 Å². The lowest BCUT2D eigenvalue weighted by atomic mass is 10.1. The number of nitrogens with zero attached hydrogens (tertiary/aromatic N) is 3. The van der Waals surface area contributed by atoms with Crippen LogP contribution in [0.5, 0.6) is 0 Å². The van der Waals surface area contributed by atoms with E-state index in [9.17, 15) is 4.39 Å². The second-order valence-electron chi connectivity index (χ2n) is 5.31. The molecule has 0 fully saturated rings. The Hall–Kier alpha value is -2.69. The van der Waals surface area contributed by atoms with Crippen molar-refractivity contribution >= 4 is 5.69 Å². The zero-order chi connectivity index (χ0) is 16.2. The van der Waals surface area contributed by atoms with Gasteiger partial charge in [0.15, 0.2) is 0 Å². The van der Waals surface area contributed by atoms with Crippen LogP contribution in [0.25, 0.3) is 11.5 Å². The zero-order valence-electron chi connectivity index (χ0n) is 13.2. The molecular formula is C18H18FN3O. The molecule has 118 valence electrons. The van der Waals surface area contributed by atoms with Crippen molar-refractivity contribution in [3.63, 3.8) is 0 Å². The Kier molecular flexibility index (Phi) is 4.37. The van der Waals surface area contributed by atoms with Crippen LogP contribution in [0.3, 0.4) is 0 Å². The van der Waals surface area contributed by atoms with E-state index in [4.69, 9.17) is 4.42 Å². The van der Waals surface area contributed by atoms with E-state index in [2.05, 4.69) is 15.1 Å². The summed E-state index contributed by atoms with van der Waals surface area (Å²) in [6.45, 7) is 5.28. The first-order valence-electron chi connectivity index (χ1n) is 7.56. The predicted octanol–water partition coefficient (Wildman–Crippen LogP) is 4.21. The fraction of sp³-hybridized carbons (Fsp3) is 0.222. The third-order valence-corrected chi connectivity index (χ3v) is 3.74. The lowest BCUT2D eigenvalue weighted by Gasteiger charge is -2.20. The van der Waals surface area contributed by atoms with E-state index in [0.29, 0.717) is 18.3 Å². The minimum absolute atomic E-state index is 0.246. The van der Waals surface area contributed by atoms with Crippen LogP contribution >= 0.6 is 0 Å². The molecule has 0 spiro atoms. The number of aromatic nitrogens is 2. The van der Waals surface area contributed by atoms with Gasteiger partial charge in [0, 0.05) is 17.8 Å². The summed E-state index contributed by atoms with van der Waals surface area (Å²) >= 11 is 0. The highest BCUT2D eigenvalue weighted by molar-refractivity contribution is 5.57. The molecule has 3 aromatic rings. The van der Waals surface area contributed by atoms with Crippen molar-refractivity contribution in [2.75, 3.05) is 11.4 Å². The molecule has 3 rings (SSSR count). The molecule has 2 aromatic carbocycles. The summed E-state index contributed by atoms with van der Waals surface area (Å²) in [5.74, 6) is 0.812. The normalized spacial score (nSPS) is 10.7. The third-order valence-electron chi connectivity index (χ3n) is 3.74. The first-order valence-corrected chi connectivity index (χ1v) is 7.56. The number of rotatable bonds is 5. The van der Waals surface area contributed by atoms with Gasteiger partial charge in [-0.15, -0.1) is 10.2 Å². The summed E-state index contributed by atoms with van der Waals surface area (Å²) in [5, 5.41) is 8.27. The van der Waals surface area contributed by atoms with Crippen LogP contribution in [0.2, 0.25) is 0 Å². The van der Waals surface area contributed by atoms with Crippen LogP contribution in [-0.4, -0.2) is 16.7 Å². The molecule has 0 bridgehead atoms. The summed E-state index contributed by atoms with van der Waals surface area (Å²) in [6.07, 6.45) is 0. The number of anilines is 1. The van der Waals surface area contributed by atoms with Crippen molar-refractivity contribution < 1.29 is 8.81 Å². The maximum atomic E-state index is 13.1. The monoisotopic (exact) mass is 311 g/mol. The fourth-order valence-corrected chi connectivity index (χ4v) is 2.44. The third kappa shape index (κ3) is 3.39. The van der Waals surface area contributed by atoms with E-state index in [1.165, 1.54) is 12.1 Å². The van der Waals surface area contributed by atoms with Gasteiger partial charge in [-0.2, -0.15) is 0 Å². The zero-order valence-corrected chi connectivity index (χ0v) is 13.2. The van der Waals surface area contributed by atoms with Gasteiger partial charge in [-0.05, 0) is 49.7 Å². The molecule has 0 aliphatic rings. The highest BCUT2D eigenvalue weighted by Crippen LogP contribution is 2.23. The SMILES string of the molecule is CCN(Cc1nnc(-c2ccccc2C)o1)c1ccc(F)cc1. The molecule has 1 heterocycles. The summed E-state index contributed by atoms with van der Waals surface area (Å²) in [5.41, 5.74) is 2.95. The quantitative estimate of drug-likeness (QED) is 0.708. The molecule has 0 saturated heterocycles. The minimum atomic E-state index is -0.246. The number of hydrogen-bond acceptors (Lipinski definition) is 4. The molecule has 23 heavy (non-hydrogen) atoms. The highest BCUT2D eigenvalue weighted by Gasteiger charge is 2.13. The predicted molar refractivity (Wildman–Crippen MR) is 87.6 cm³/mol. The van der Waals surface area contributed by atoms with Crippen molar-refractivity contribution in [3.05, 3.63) is 65.8 Å². The smallest absolute Gasteiger partial charge is 0.248 e. The second kappa shape index (κ2) is 6.60. The van der Waals surface area contributed by atoms with Gasteiger partial charge in [0.05, 0.1) is 6.54 Å². The minimum Gasteiger partial charge on any atom is -0.419 e. The number of benzene rings is 2. The van der Waals surface area contributed by atoms with Gasteiger partial charge < -0.3 is 9.32 Å². The van der Waals surface area contributed by atoms with Gasteiger partial charge in [-0.25, -0.2) is 4.39 Å². The molecule has 0 saturated carbocycles. The maximum Gasteiger partial charge on any atom is 0.248 e. The van der Waals surface area contributed by atoms with Gasteiger partial charge in [-0.1, -0.05) is 18.2 Å². The molecule has 0 N–H and O–H groups in total. The Morgan fingerprint density at radius 3 is 2.48 bits per heavy atom. The van der Waals surface area contributed by atoms with Crippen LogP contribution in [0.1, 0.15) is 18.4 Å². The molecular weight excluding hydrogens is 293 g/mol. The molecule has 0 unspecified atom stereocenters. The van der Waals surface area contributed by atoms with Gasteiger partial charge in [0.2, 0.25) is 11.8 Å². The van der Waals surface area contributed by atoms with Crippen molar-refractivity contribution in [1.82, 2.24) is 10.2 Å². The Bertz CT molecular complexity index is 783. The standard InChI is InChI=1S/C18H18FN3O/c1-3-22(15-10-8-14(19)9-11-15)12-17-20-21-18(23-17)16-7-5-4-6-13(16)2/h4-11H,3,12H2,1-2H3. The summed E-state index contributed by atoms with van der Waals surface area (Å²) in [6, 6.07) is 14.3. The first-order chi connectivity index (χ1) is 11.2. The largest absolute Gasteiger partial charge is 0.419 e. The van der Waals surface area contributed by atoms with Crippen LogP contribution in [0.4, 0.5) is 10.1 Å². The van der Waals surface area contributed by atoms with Crippen LogP contribution in [-0.2, 0) is 6.54 Å². The summed E-state index contributed by atoms with van der Waals surface area (Å²) in [4.78, 5) is 2.05. The van der Waals surface area contributed by atoms with Gasteiger partial charge >= 0.3 is 0 Å². The molecule has 5 heteroatoms. The van der Waals surface area contributed by atoms with Crippen LogP contribution < -0.4 is 4.90 Å². The Balaban J connectivity index is 1.80. The second-order valence-corrected chi connectivity index (χ2v) is 5.31. The van der Waals surface area contributed by atoms with Crippen LogP contribution in [0, 0.1) is 12.7 Å². The molecule has 1 aromatic heterocycles. The van der Waals surface area contributed by atoms with Crippen molar-refractivity contribution in [2.24, 2.45) is 0 Å². The maximum absolute atomic E-state index is 13.1. The molecule has 0 aliphatic heterocycles. The van der Waals surface area contributed by atoms with Crippen molar-refractivity contribution in [3.8, 4) is 11.5 Å². The molecule has 4 nitrogen and oxygen atoms in total. The Morgan fingerprint density at radius 2 is 1.78 bits per heavy atom. The lowest BCUT2D eigenvalue weighted by Crippen LogP contribution is -2.22. The van der Waals surface area contributed by atoms with Crippen molar-refractivity contribution in [1.29, 1.82) is 0 Å². The molecule has 0 aliphatic carbocycles. The number of halogens is 1. The number of hydrogen-bond donors (Lipinski definition) is 0. The molecule has 0 atom stereocenters.